The number of benzodiazepines with no additional fused rings is 1. The highest BCUT2D eigenvalue weighted by atomic mass is 16.3. The molecule has 0 spiro atoms. The first kappa shape index (κ1) is 23.1. The summed E-state index contributed by atoms with van der Waals surface area (Å²) >= 11 is 0. The lowest BCUT2D eigenvalue weighted by Gasteiger charge is -2.23. The number of rotatable bonds is 6. The van der Waals surface area contributed by atoms with E-state index in [0.29, 0.717) is 22.7 Å². The minimum absolute atomic E-state index is 0.300. The summed E-state index contributed by atoms with van der Waals surface area (Å²) in [6.45, 7) is 4.87. The molecule has 0 fully saturated rings. The molecule has 0 aliphatic carbocycles. The third-order valence-corrected chi connectivity index (χ3v) is 5.18. The van der Waals surface area contributed by atoms with Gasteiger partial charge >= 0.3 is 0 Å². The SMILES string of the molecule is CC(C)C(O)C(=O)N[C@@H](C)C(=O)NC1N=C(c2ccccn2)c2ccccc2N(C)C1=O. The Bertz CT molecular complexity index is 1040. The van der Waals surface area contributed by atoms with Gasteiger partial charge in [-0.3, -0.25) is 19.4 Å². The van der Waals surface area contributed by atoms with E-state index in [1.165, 1.54) is 11.8 Å². The average Bonchev–Trinajstić information content (AvgIpc) is 2.89. The summed E-state index contributed by atoms with van der Waals surface area (Å²) in [5.41, 5.74) is 2.38. The maximum atomic E-state index is 13.1. The Labute approximate surface area is 186 Å². The summed E-state index contributed by atoms with van der Waals surface area (Å²) in [6, 6.07) is 11.7. The van der Waals surface area contributed by atoms with E-state index >= 15 is 0 Å². The fourth-order valence-corrected chi connectivity index (χ4v) is 3.25. The van der Waals surface area contributed by atoms with E-state index in [4.69, 9.17) is 0 Å². The highest BCUT2D eigenvalue weighted by Crippen LogP contribution is 2.26. The number of aliphatic hydroxyl groups is 1. The number of fused-ring (bicyclic) bond motifs is 1. The third kappa shape index (κ3) is 4.83. The number of benzene rings is 1. The predicted octanol–water partition coefficient (Wildman–Crippen LogP) is 0.859. The number of nitrogens with one attached hydrogen (secondary N) is 2. The molecule has 0 radical (unpaired) electrons. The number of likely N-dealkylation sites (N-methyl/N-ethyl adjacent to an activating group) is 1. The number of para-hydroxylation sites is 1. The summed E-state index contributed by atoms with van der Waals surface area (Å²) < 4.78 is 0. The lowest BCUT2D eigenvalue weighted by molar-refractivity contribution is -0.135. The van der Waals surface area contributed by atoms with Gasteiger partial charge in [0.25, 0.3) is 5.91 Å². The van der Waals surface area contributed by atoms with Crippen LogP contribution < -0.4 is 15.5 Å². The van der Waals surface area contributed by atoms with Crippen molar-refractivity contribution in [3.05, 3.63) is 59.9 Å². The molecule has 3 atom stereocenters. The van der Waals surface area contributed by atoms with Crippen LogP contribution in [0, 0.1) is 5.92 Å². The topological polar surface area (TPSA) is 124 Å². The molecule has 2 unspecified atom stereocenters. The van der Waals surface area contributed by atoms with Gasteiger partial charge in [0.15, 0.2) is 0 Å². The Hall–Kier alpha value is -3.59. The number of aliphatic hydroxyl groups excluding tert-OH is 1. The van der Waals surface area contributed by atoms with E-state index in [1.807, 2.05) is 24.3 Å². The van der Waals surface area contributed by atoms with E-state index in [1.54, 1.807) is 45.3 Å². The number of aromatic nitrogens is 1. The second-order valence-electron chi connectivity index (χ2n) is 7.94. The minimum Gasteiger partial charge on any atom is -0.383 e. The molecule has 168 valence electrons. The largest absolute Gasteiger partial charge is 0.383 e. The molecule has 2 aromatic rings. The highest BCUT2D eigenvalue weighted by molar-refractivity contribution is 6.19. The van der Waals surface area contributed by atoms with Gasteiger partial charge in [0.05, 0.1) is 17.1 Å². The van der Waals surface area contributed by atoms with Crippen LogP contribution in [0.4, 0.5) is 5.69 Å². The van der Waals surface area contributed by atoms with Crippen molar-refractivity contribution in [3.63, 3.8) is 0 Å². The number of hydrogen-bond donors (Lipinski definition) is 3. The molecule has 3 rings (SSSR count). The van der Waals surface area contributed by atoms with Gasteiger partial charge in [0, 0.05) is 18.8 Å². The first-order valence-electron chi connectivity index (χ1n) is 10.4. The van der Waals surface area contributed by atoms with E-state index < -0.39 is 36.0 Å². The molecule has 1 aromatic carbocycles. The molecule has 0 saturated carbocycles. The normalized spacial score (nSPS) is 17.7. The zero-order valence-electron chi connectivity index (χ0n) is 18.4. The van der Waals surface area contributed by atoms with Crippen LogP contribution in [0.5, 0.6) is 0 Å². The fourth-order valence-electron chi connectivity index (χ4n) is 3.25. The molecule has 32 heavy (non-hydrogen) atoms. The Morgan fingerprint density at radius 1 is 1.06 bits per heavy atom. The van der Waals surface area contributed by atoms with Crippen LogP contribution in [0.1, 0.15) is 32.0 Å². The summed E-state index contributed by atoms with van der Waals surface area (Å²) in [5.74, 6) is -1.99. The van der Waals surface area contributed by atoms with Gasteiger partial charge in [-0.1, -0.05) is 38.1 Å². The standard InChI is InChI=1S/C23H27N5O4/c1-13(2)19(29)22(31)25-14(3)21(30)27-20-23(32)28(4)17-11-6-5-9-15(17)18(26-20)16-10-7-8-12-24-16/h5-14,19-20,29H,1-4H3,(H,25,31)(H,27,30)/t14-,19?,20?/m0/s1. The smallest absolute Gasteiger partial charge is 0.272 e. The van der Waals surface area contributed by atoms with Gasteiger partial charge in [-0.05, 0) is 31.0 Å². The van der Waals surface area contributed by atoms with Crippen molar-refractivity contribution >= 4 is 29.1 Å². The molecule has 3 amide bonds. The van der Waals surface area contributed by atoms with E-state index in [2.05, 4.69) is 20.6 Å². The molecule has 1 aromatic heterocycles. The third-order valence-electron chi connectivity index (χ3n) is 5.18. The molecule has 3 N–H and O–H groups in total. The molecule has 0 saturated heterocycles. The fraction of sp³-hybridized carbons (Fsp3) is 0.348. The number of hydrogen-bond acceptors (Lipinski definition) is 6. The number of anilines is 1. The van der Waals surface area contributed by atoms with E-state index in [9.17, 15) is 19.5 Å². The number of aliphatic imine (C=N–C) groups is 1. The van der Waals surface area contributed by atoms with Crippen molar-refractivity contribution in [2.75, 3.05) is 11.9 Å². The van der Waals surface area contributed by atoms with E-state index in [0.717, 1.165) is 0 Å². The summed E-state index contributed by atoms with van der Waals surface area (Å²) in [7, 11) is 1.61. The van der Waals surface area contributed by atoms with Crippen LogP contribution in [-0.2, 0) is 14.4 Å². The Morgan fingerprint density at radius 2 is 1.75 bits per heavy atom. The van der Waals surface area contributed by atoms with Crippen molar-refractivity contribution in [2.45, 2.75) is 39.1 Å². The maximum Gasteiger partial charge on any atom is 0.272 e. The molecule has 9 nitrogen and oxygen atoms in total. The van der Waals surface area contributed by atoms with Crippen LogP contribution in [0.15, 0.2) is 53.7 Å². The summed E-state index contributed by atoms with van der Waals surface area (Å²) in [5, 5.41) is 15.0. The number of carbonyl (C=O) groups is 3. The predicted molar refractivity (Wildman–Crippen MR) is 120 cm³/mol. The minimum atomic E-state index is -1.24. The summed E-state index contributed by atoms with van der Waals surface area (Å²) in [4.78, 5) is 48.3. The first-order valence-corrected chi connectivity index (χ1v) is 10.4. The van der Waals surface area contributed by atoms with Crippen molar-refractivity contribution in [1.82, 2.24) is 15.6 Å². The summed E-state index contributed by atoms with van der Waals surface area (Å²) in [6.07, 6.45) is -0.826. The van der Waals surface area contributed by atoms with Gasteiger partial charge in [-0.2, -0.15) is 0 Å². The molecule has 2 heterocycles. The van der Waals surface area contributed by atoms with Gasteiger partial charge in [0.1, 0.15) is 12.1 Å². The monoisotopic (exact) mass is 437 g/mol. The van der Waals surface area contributed by atoms with Crippen molar-refractivity contribution in [1.29, 1.82) is 0 Å². The highest BCUT2D eigenvalue weighted by Gasteiger charge is 2.32. The average molecular weight is 438 g/mol. The zero-order chi connectivity index (χ0) is 23.4. The van der Waals surface area contributed by atoms with Crippen LogP contribution in [0.3, 0.4) is 0 Å². The molecule has 1 aliphatic heterocycles. The van der Waals surface area contributed by atoms with Crippen LogP contribution in [-0.4, -0.2) is 58.9 Å². The second kappa shape index (κ2) is 9.69. The molecule has 9 heteroatoms. The number of amides is 3. The van der Waals surface area contributed by atoms with Crippen LogP contribution >= 0.6 is 0 Å². The molecular weight excluding hydrogens is 410 g/mol. The van der Waals surface area contributed by atoms with Crippen molar-refractivity contribution in [2.24, 2.45) is 10.9 Å². The van der Waals surface area contributed by atoms with Crippen LogP contribution in [0.25, 0.3) is 0 Å². The lowest BCUT2D eigenvalue weighted by Crippen LogP contribution is -2.53. The molecule has 0 bridgehead atoms. The molecular formula is C23H27N5O4. The number of carbonyl (C=O) groups excluding carboxylic acids is 3. The van der Waals surface area contributed by atoms with Gasteiger partial charge in [-0.15, -0.1) is 0 Å². The van der Waals surface area contributed by atoms with Crippen molar-refractivity contribution < 1.29 is 19.5 Å². The maximum absolute atomic E-state index is 13.1. The van der Waals surface area contributed by atoms with Gasteiger partial charge < -0.3 is 20.6 Å². The van der Waals surface area contributed by atoms with Gasteiger partial charge in [-0.25, -0.2) is 4.99 Å². The van der Waals surface area contributed by atoms with E-state index in [-0.39, 0.29) is 5.92 Å². The van der Waals surface area contributed by atoms with Crippen LogP contribution in [0.2, 0.25) is 0 Å². The quantitative estimate of drug-likeness (QED) is 0.618. The number of pyridine rings is 1. The Balaban J connectivity index is 1.90. The Kier molecular flexibility index (Phi) is 6.99. The Morgan fingerprint density at radius 3 is 2.41 bits per heavy atom. The number of nitrogens with zero attached hydrogens (tertiary/aromatic N) is 3. The zero-order valence-corrected chi connectivity index (χ0v) is 18.4. The first-order chi connectivity index (χ1) is 15.2. The second-order valence-corrected chi connectivity index (χ2v) is 7.94. The van der Waals surface area contributed by atoms with Crippen molar-refractivity contribution in [3.8, 4) is 0 Å². The molecule has 1 aliphatic rings. The lowest BCUT2D eigenvalue weighted by atomic mass is 10.0. The van der Waals surface area contributed by atoms with Gasteiger partial charge in [0.2, 0.25) is 18.0 Å².